The molecular weight excluding hydrogens is 447 g/mol. The van der Waals surface area contributed by atoms with Crippen molar-refractivity contribution in [1.82, 2.24) is 9.80 Å². The van der Waals surface area contributed by atoms with Crippen molar-refractivity contribution >= 4 is 39.1 Å². The number of carbonyl (C=O) groups excluding carboxylic acids is 2. The van der Waals surface area contributed by atoms with Crippen LogP contribution in [0.25, 0.3) is 10.1 Å². The molecule has 176 valence electrons. The van der Waals surface area contributed by atoms with Crippen LogP contribution in [0.15, 0.2) is 24.3 Å². The van der Waals surface area contributed by atoms with E-state index in [-0.39, 0.29) is 18.6 Å². The van der Waals surface area contributed by atoms with Crippen molar-refractivity contribution in [3.05, 3.63) is 29.1 Å². The van der Waals surface area contributed by atoms with Crippen molar-refractivity contribution in [3.63, 3.8) is 0 Å². The second-order valence-electron chi connectivity index (χ2n) is 7.36. The number of thiophene rings is 1. The highest BCUT2D eigenvalue weighted by Gasteiger charge is 2.27. The van der Waals surface area contributed by atoms with E-state index in [9.17, 15) is 22.8 Å². The quantitative estimate of drug-likeness (QED) is 0.460. The Kier molecular flexibility index (Phi) is 8.32. The number of nitrogens with zero attached hydrogens (tertiary/aromatic N) is 2. The fourth-order valence-electron chi connectivity index (χ4n) is 3.38. The number of halogens is 3. The van der Waals surface area contributed by atoms with E-state index >= 15 is 0 Å². The van der Waals surface area contributed by atoms with Crippen molar-refractivity contribution in [2.24, 2.45) is 0 Å². The van der Waals surface area contributed by atoms with Gasteiger partial charge in [-0.15, -0.1) is 11.3 Å². The third-order valence-corrected chi connectivity index (χ3v) is 6.03. The molecule has 2 heterocycles. The summed E-state index contributed by atoms with van der Waals surface area (Å²) in [4.78, 5) is 28.8. The van der Waals surface area contributed by atoms with Crippen LogP contribution >= 0.6 is 11.3 Å². The molecule has 32 heavy (non-hydrogen) atoms. The number of esters is 1. The number of hydrogen-bond acceptors (Lipinski definition) is 6. The van der Waals surface area contributed by atoms with Crippen LogP contribution < -0.4 is 5.32 Å². The first-order valence-corrected chi connectivity index (χ1v) is 11.2. The number of urea groups is 1. The van der Waals surface area contributed by atoms with Gasteiger partial charge in [0.1, 0.15) is 11.5 Å². The molecule has 1 saturated heterocycles. The number of amides is 2. The normalized spacial score (nSPS) is 15.2. The number of anilines is 1. The van der Waals surface area contributed by atoms with E-state index in [0.717, 1.165) is 10.1 Å². The molecule has 1 aliphatic heterocycles. The Bertz CT molecular complexity index is 927. The average Bonchev–Trinajstić information content (AvgIpc) is 3.17. The largest absolute Gasteiger partial charge is 0.462 e. The summed E-state index contributed by atoms with van der Waals surface area (Å²) in [6, 6.07) is 7.02. The van der Waals surface area contributed by atoms with Crippen LogP contribution in [0.2, 0.25) is 0 Å². The number of fused-ring (bicyclic) bond motifs is 1. The van der Waals surface area contributed by atoms with Gasteiger partial charge in [0.15, 0.2) is 0 Å². The Morgan fingerprint density at radius 2 is 1.91 bits per heavy atom. The fraction of sp³-hybridized carbons (Fsp3) is 0.524. The van der Waals surface area contributed by atoms with Crippen LogP contribution in [-0.4, -0.2) is 80.5 Å². The van der Waals surface area contributed by atoms with Crippen molar-refractivity contribution < 1.29 is 32.2 Å². The third kappa shape index (κ3) is 7.07. The van der Waals surface area contributed by atoms with Gasteiger partial charge in [0, 0.05) is 49.7 Å². The minimum Gasteiger partial charge on any atom is -0.462 e. The molecule has 2 aromatic rings. The summed E-state index contributed by atoms with van der Waals surface area (Å²) < 4.78 is 46.7. The van der Waals surface area contributed by atoms with Gasteiger partial charge in [-0.3, -0.25) is 4.90 Å². The van der Waals surface area contributed by atoms with Crippen LogP contribution in [0.4, 0.5) is 23.7 Å². The molecule has 7 nitrogen and oxygen atoms in total. The average molecular weight is 474 g/mol. The van der Waals surface area contributed by atoms with Crippen molar-refractivity contribution in [1.29, 1.82) is 0 Å². The van der Waals surface area contributed by atoms with E-state index in [1.807, 2.05) is 12.1 Å². The summed E-state index contributed by atoms with van der Waals surface area (Å²) in [7, 11) is 0. The lowest BCUT2D eigenvalue weighted by Gasteiger charge is -2.34. The summed E-state index contributed by atoms with van der Waals surface area (Å²) >= 11 is 1.34. The molecule has 0 unspecified atom stereocenters. The van der Waals surface area contributed by atoms with E-state index < -0.39 is 12.8 Å². The lowest BCUT2D eigenvalue weighted by atomic mass is 10.2. The van der Waals surface area contributed by atoms with Crippen LogP contribution in [0.1, 0.15) is 23.0 Å². The monoisotopic (exact) mass is 473 g/mol. The molecule has 1 aliphatic rings. The predicted molar refractivity (Wildman–Crippen MR) is 116 cm³/mol. The Labute approximate surface area is 188 Å². The SMILES string of the molecule is CCOC(=O)c1cc2cc(NC(=O)N3CCN(CCCOCC(F)(F)F)CC3)ccc2s1. The number of alkyl halides is 3. The van der Waals surface area contributed by atoms with Gasteiger partial charge in [-0.25, -0.2) is 9.59 Å². The van der Waals surface area contributed by atoms with E-state index in [2.05, 4.69) is 15.0 Å². The van der Waals surface area contributed by atoms with Gasteiger partial charge in [0.05, 0.1) is 6.61 Å². The second kappa shape index (κ2) is 11.0. The number of rotatable bonds is 8. The Balaban J connectivity index is 1.43. The molecule has 11 heteroatoms. The molecule has 3 rings (SSSR count). The zero-order valence-electron chi connectivity index (χ0n) is 17.7. The smallest absolute Gasteiger partial charge is 0.411 e. The zero-order valence-corrected chi connectivity index (χ0v) is 18.6. The Hall–Kier alpha value is -2.37. The lowest BCUT2D eigenvalue weighted by molar-refractivity contribution is -0.174. The summed E-state index contributed by atoms with van der Waals surface area (Å²) in [5.41, 5.74) is 0.639. The molecule has 1 N–H and O–H groups in total. The Morgan fingerprint density at radius 1 is 1.16 bits per heavy atom. The van der Waals surface area contributed by atoms with Crippen molar-refractivity contribution in [3.8, 4) is 0 Å². The minimum atomic E-state index is -4.30. The highest BCUT2D eigenvalue weighted by Crippen LogP contribution is 2.29. The maximum absolute atomic E-state index is 12.6. The standard InChI is InChI=1S/C21H26F3N3O4S/c1-2-31-19(28)18-13-15-12-16(4-5-17(15)32-18)25-20(29)27-9-7-26(8-10-27)6-3-11-30-14-21(22,23)24/h4-5,12-13H,2-3,6-11,14H2,1H3,(H,25,29). The van der Waals surface area contributed by atoms with Gasteiger partial charge >= 0.3 is 18.2 Å². The van der Waals surface area contributed by atoms with Crippen LogP contribution in [0.5, 0.6) is 0 Å². The number of benzene rings is 1. The lowest BCUT2D eigenvalue weighted by Crippen LogP contribution is -2.50. The summed E-state index contributed by atoms with van der Waals surface area (Å²) in [5, 5.41) is 3.74. The highest BCUT2D eigenvalue weighted by molar-refractivity contribution is 7.20. The van der Waals surface area contributed by atoms with Gasteiger partial charge in [-0.05, 0) is 43.0 Å². The number of ether oxygens (including phenoxy) is 2. The van der Waals surface area contributed by atoms with Gasteiger partial charge in [0.2, 0.25) is 0 Å². The fourth-order valence-corrected chi connectivity index (χ4v) is 4.32. The highest BCUT2D eigenvalue weighted by atomic mass is 32.1. The molecule has 0 saturated carbocycles. The summed E-state index contributed by atoms with van der Waals surface area (Å²) in [6.07, 6.45) is -3.78. The van der Waals surface area contributed by atoms with Gasteiger partial charge in [-0.2, -0.15) is 13.2 Å². The third-order valence-electron chi connectivity index (χ3n) is 4.93. The first kappa shape index (κ1) is 24.3. The van der Waals surface area contributed by atoms with Crippen LogP contribution in [-0.2, 0) is 9.47 Å². The van der Waals surface area contributed by atoms with Crippen molar-refractivity contribution in [2.45, 2.75) is 19.5 Å². The minimum absolute atomic E-state index is 0.0587. The van der Waals surface area contributed by atoms with Gasteiger partial charge in [0.25, 0.3) is 0 Å². The molecule has 0 spiro atoms. The summed E-state index contributed by atoms with van der Waals surface area (Å²) in [6.45, 7) is 3.90. The second-order valence-corrected chi connectivity index (χ2v) is 8.45. The van der Waals surface area contributed by atoms with Crippen molar-refractivity contribution in [2.75, 3.05) is 57.9 Å². The van der Waals surface area contributed by atoms with E-state index in [1.165, 1.54) is 11.3 Å². The number of hydrogen-bond donors (Lipinski definition) is 1. The van der Waals surface area contributed by atoms with Crippen LogP contribution in [0.3, 0.4) is 0 Å². The Morgan fingerprint density at radius 3 is 2.59 bits per heavy atom. The molecule has 1 aromatic heterocycles. The zero-order chi connectivity index (χ0) is 23.1. The molecule has 1 aromatic carbocycles. The number of piperazine rings is 1. The number of carbonyl (C=O) groups is 2. The molecule has 1 fully saturated rings. The maximum atomic E-state index is 12.6. The van der Waals surface area contributed by atoms with E-state index in [4.69, 9.17) is 4.74 Å². The van der Waals surface area contributed by atoms with Gasteiger partial charge in [-0.1, -0.05) is 0 Å². The molecular formula is C21H26F3N3O4S. The first-order valence-electron chi connectivity index (χ1n) is 10.4. The summed E-state index contributed by atoms with van der Waals surface area (Å²) in [5.74, 6) is -0.357. The predicted octanol–water partition coefficient (Wildman–Crippen LogP) is 4.20. The van der Waals surface area contributed by atoms with Gasteiger partial charge < -0.3 is 19.7 Å². The maximum Gasteiger partial charge on any atom is 0.411 e. The molecule has 0 radical (unpaired) electrons. The number of nitrogens with one attached hydrogen (secondary N) is 1. The van der Waals surface area contributed by atoms with E-state index in [0.29, 0.717) is 56.3 Å². The first-order chi connectivity index (χ1) is 15.2. The molecule has 0 aliphatic carbocycles. The molecule has 0 bridgehead atoms. The van der Waals surface area contributed by atoms with E-state index in [1.54, 1.807) is 24.0 Å². The molecule has 2 amide bonds. The topological polar surface area (TPSA) is 71.1 Å². The molecule has 0 atom stereocenters. The van der Waals surface area contributed by atoms with Crippen LogP contribution in [0, 0.1) is 0 Å².